The normalized spacial score (nSPS) is 12.5. The summed E-state index contributed by atoms with van der Waals surface area (Å²) in [5.74, 6) is 2.24. The molecule has 0 N–H and O–H groups in total. The van der Waals surface area contributed by atoms with Crippen molar-refractivity contribution in [2.45, 2.75) is 105 Å². The van der Waals surface area contributed by atoms with Crippen molar-refractivity contribution in [3.63, 3.8) is 0 Å². The Balaban J connectivity index is 0.852. The standard InChI is InChI=1S/C82H74N4O2/c1-79(2,3)59-42-57(43-60(46-59)80(4,5)6)55-39-54(40-56(41-55)58-44-61(81(7,8)9)47-62(45-58)82(10,11)12)53-33-38-76(83-50-53)86-70-29-18-16-27-67(70)68-35-34-65(49-73(68)86)87-64-26-22-25-63(48-64)84-51-85(72-31-20-19-30-71(72)84)78-66(52-23-14-13-15-24-52)36-37-75-77(78)69-28-17-21-32-74(69)88-75/h13-50H,1-12H3. The quantitative estimate of drug-likeness (QED) is 0.107. The Morgan fingerprint density at radius 1 is 0.398 bits per heavy atom. The molecule has 6 heteroatoms. The van der Waals surface area contributed by atoms with E-state index in [2.05, 4.69) is 316 Å². The fourth-order valence-electron chi connectivity index (χ4n) is 12.5. The molecule has 0 amide bonds. The number of benzene rings is 10. The van der Waals surface area contributed by atoms with Crippen LogP contribution in [-0.4, -0.2) is 14.1 Å². The molecule has 0 saturated heterocycles. The smallest absolute Gasteiger partial charge is 0.269 e. The van der Waals surface area contributed by atoms with E-state index in [9.17, 15) is 0 Å². The van der Waals surface area contributed by atoms with Gasteiger partial charge in [-0.1, -0.05) is 223 Å². The zero-order valence-electron chi connectivity index (χ0n) is 52.5. The number of furan rings is 1. The van der Waals surface area contributed by atoms with Crippen molar-refractivity contribution in [1.29, 1.82) is 0 Å². The molecule has 4 heterocycles. The number of ether oxygens (including phenoxy) is 1. The van der Waals surface area contributed by atoms with E-state index in [-0.39, 0.29) is 21.7 Å². The highest BCUT2D eigenvalue weighted by molar-refractivity contribution is 6.12. The maximum Gasteiger partial charge on any atom is 0.269 e. The van der Waals surface area contributed by atoms with Crippen LogP contribution < -0.4 is 9.30 Å². The second kappa shape index (κ2) is 21.0. The summed E-state index contributed by atoms with van der Waals surface area (Å²) in [7, 11) is 0. The Morgan fingerprint density at radius 2 is 0.943 bits per heavy atom. The average Bonchev–Trinajstić information content (AvgIpc) is 2.42. The SMILES string of the molecule is CC(C)(C)c1cc(-c2cc(-c3ccc(-n4c5ccccc5c5ccc(Oc6cccc(-n7[c-][n+](-c8c(-c9ccccc9)ccc9oc%10ccccc%10c89)c8ccccc87)c6)cc54)nc3)cc(-c3cc(C(C)(C)C)cc(C(C)(C)C)c3)c2)cc(C(C)(C)C)c1. The summed E-state index contributed by atoms with van der Waals surface area (Å²) in [6, 6.07) is 80.9. The lowest BCUT2D eigenvalue weighted by molar-refractivity contribution is -0.570. The predicted molar refractivity (Wildman–Crippen MR) is 366 cm³/mol. The lowest BCUT2D eigenvalue weighted by atomic mass is 9.78. The summed E-state index contributed by atoms with van der Waals surface area (Å²) in [5.41, 5.74) is 22.0. The third kappa shape index (κ3) is 10.2. The van der Waals surface area contributed by atoms with Crippen molar-refractivity contribution in [1.82, 2.24) is 14.1 Å². The molecule has 0 aliphatic rings. The van der Waals surface area contributed by atoms with Crippen molar-refractivity contribution in [2.24, 2.45) is 0 Å². The molecule has 14 aromatic rings. The van der Waals surface area contributed by atoms with Crippen LogP contribution in [0.4, 0.5) is 0 Å². The van der Waals surface area contributed by atoms with Gasteiger partial charge in [0.15, 0.2) is 0 Å². The molecule has 10 aromatic carbocycles. The topological polar surface area (TPSA) is 49.0 Å². The number of hydrogen-bond donors (Lipinski definition) is 0. The van der Waals surface area contributed by atoms with Gasteiger partial charge in [-0.05, 0) is 162 Å². The third-order valence-corrected chi connectivity index (χ3v) is 17.6. The van der Waals surface area contributed by atoms with Gasteiger partial charge < -0.3 is 9.15 Å². The van der Waals surface area contributed by atoms with Gasteiger partial charge >= 0.3 is 0 Å². The van der Waals surface area contributed by atoms with Crippen LogP contribution in [0.1, 0.15) is 105 Å². The first kappa shape index (κ1) is 56.1. The van der Waals surface area contributed by atoms with Gasteiger partial charge in [-0.2, -0.15) is 0 Å². The number of aromatic nitrogens is 4. The van der Waals surface area contributed by atoms with Gasteiger partial charge in [0.25, 0.3) is 6.33 Å². The zero-order valence-corrected chi connectivity index (χ0v) is 52.5. The molecule has 0 spiro atoms. The number of para-hydroxylation sites is 4. The third-order valence-electron chi connectivity index (χ3n) is 17.6. The van der Waals surface area contributed by atoms with Gasteiger partial charge in [0.05, 0.1) is 33.4 Å². The minimum atomic E-state index is -0.0326. The van der Waals surface area contributed by atoms with Gasteiger partial charge in [0.1, 0.15) is 28.5 Å². The number of imidazole rings is 1. The number of fused-ring (bicyclic) bond motifs is 7. The molecule has 0 radical (unpaired) electrons. The summed E-state index contributed by atoms with van der Waals surface area (Å²) >= 11 is 0. The number of nitrogens with zero attached hydrogens (tertiary/aromatic N) is 4. The Labute approximate surface area is 517 Å². The van der Waals surface area contributed by atoms with Crippen LogP contribution in [0.3, 0.4) is 0 Å². The molecular formula is C82H74N4O2. The lowest BCUT2D eigenvalue weighted by Crippen LogP contribution is -2.30. The lowest BCUT2D eigenvalue weighted by Gasteiger charge is -2.27. The summed E-state index contributed by atoms with van der Waals surface area (Å²) in [6.07, 6.45) is 5.87. The minimum absolute atomic E-state index is 0.0326. The molecule has 4 aromatic heterocycles. The van der Waals surface area contributed by atoms with Crippen molar-refractivity contribution in [2.75, 3.05) is 0 Å². The highest BCUT2D eigenvalue weighted by atomic mass is 16.5. The molecule has 0 fully saturated rings. The van der Waals surface area contributed by atoms with E-state index >= 15 is 0 Å². The van der Waals surface area contributed by atoms with Crippen LogP contribution in [0.2, 0.25) is 0 Å². The van der Waals surface area contributed by atoms with Gasteiger partial charge in [0.2, 0.25) is 0 Å². The fourth-order valence-corrected chi connectivity index (χ4v) is 12.5. The molecule has 0 bridgehead atoms. The molecular weight excluding hydrogens is 1070 g/mol. The number of hydrogen-bond acceptors (Lipinski definition) is 3. The van der Waals surface area contributed by atoms with E-state index in [1.165, 1.54) is 44.5 Å². The predicted octanol–water partition coefficient (Wildman–Crippen LogP) is 21.7. The molecule has 0 atom stereocenters. The molecule has 434 valence electrons. The highest BCUT2D eigenvalue weighted by Crippen LogP contribution is 2.43. The first-order chi connectivity index (χ1) is 42.1. The van der Waals surface area contributed by atoms with E-state index in [4.69, 9.17) is 14.1 Å². The highest BCUT2D eigenvalue weighted by Gasteiger charge is 2.26. The van der Waals surface area contributed by atoms with Crippen LogP contribution >= 0.6 is 0 Å². The van der Waals surface area contributed by atoms with Crippen LogP contribution in [0, 0.1) is 6.33 Å². The first-order valence-corrected chi connectivity index (χ1v) is 30.8. The maximum atomic E-state index is 6.91. The summed E-state index contributed by atoms with van der Waals surface area (Å²) < 4.78 is 20.0. The fraction of sp³-hybridized carbons (Fsp3) is 0.195. The Bertz CT molecular complexity index is 4870. The van der Waals surface area contributed by atoms with Gasteiger partial charge in [0, 0.05) is 39.4 Å². The van der Waals surface area contributed by atoms with E-state index in [1.807, 2.05) is 18.2 Å². The average molecular weight is 1150 g/mol. The largest absolute Gasteiger partial charge is 0.458 e. The molecule has 0 aliphatic carbocycles. The second-order valence-corrected chi connectivity index (χ2v) is 28.0. The first-order valence-electron chi connectivity index (χ1n) is 30.8. The summed E-state index contributed by atoms with van der Waals surface area (Å²) in [6.45, 7) is 27.8. The van der Waals surface area contributed by atoms with E-state index in [0.29, 0.717) is 11.5 Å². The molecule has 0 aliphatic heterocycles. The Kier molecular flexibility index (Phi) is 13.4. The molecule has 14 rings (SSSR count). The summed E-state index contributed by atoms with van der Waals surface area (Å²) in [5, 5.41) is 4.36. The molecule has 0 saturated carbocycles. The van der Waals surface area contributed by atoms with E-state index in [0.717, 1.165) is 94.2 Å². The van der Waals surface area contributed by atoms with Gasteiger partial charge in [-0.15, -0.1) is 0 Å². The van der Waals surface area contributed by atoms with Crippen molar-refractivity contribution in [3.05, 3.63) is 259 Å². The van der Waals surface area contributed by atoms with Crippen molar-refractivity contribution >= 4 is 54.8 Å². The van der Waals surface area contributed by atoms with E-state index in [1.54, 1.807) is 0 Å². The second-order valence-electron chi connectivity index (χ2n) is 28.0. The monoisotopic (exact) mass is 1150 g/mol. The summed E-state index contributed by atoms with van der Waals surface area (Å²) in [4.78, 5) is 5.36. The maximum absolute atomic E-state index is 6.91. The van der Waals surface area contributed by atoms with Crippen molar-refractivity contribution < 1.29 is 13.7 Å². The molecule has 0 unspecified atom stereocenters. The van der Waals surface area contributed by atoms with E-state index < -0.39 is 0 Å². The Morgan fingerprint density at radius 3 is 1.57 bits per heavy atom. The molecule has 6 nitrogen and oxygen atoms in total. The van der Waals surface area contributed by atoms with Crippen LogP contribution in [-0.2, 0) is 21.7 Å². The number of pyridine rings is 1. The van der Waals surface area contributed by atoms with Gasteiger partial charge in [-0.3, -0.25) is 13.7 Å². The van der Waals surface area contributed by atoms with Crippen LogP contribution in [0.15, 0.2) is 235 Å². The van der Waals surface area contributed by atoms with Crippen molar-refractivity contribution in [3.8, 4) is 73.2 Å². The zero-order chi connectivity index (χ0) is 61.0. The van der Waals surface area contributed by atoms with Crippen LogP contribution in [0.5, 0.6) is 11.5 Å². The molecule has 88 heavy (non-hydrogen) atoms. The van der Waals surface area contributed by atoms with Crippen LogP contribution in [0.25, 0.3) is 116 Å². The van der Waals surface area contributed by atoms with Gasteiger partial charge in [-0.25, -0.2) is 4.98 Å². The minimum Gasteiger partial charge on any atom is -0.458 e. The number of rotatable bonds is 9. The Hall–Kier alpha value is -9.78.